The van der Waals surface area contributed by atoms with Gasteiger partial charge in [0, 0.05) is 26.9 Å². The summed E-state index contributed by atoms with van der Waals surface area (Å²) in [5, 5.41) is 0. The first-order chi connectivity index (χ1) is 14.2. The van der Waals surface area contributed by atoms with E-state index in [-0.39, 0.29) is 6.79 Å². The topological polar surface area (TPSA) is 63.2 Å². The summed E-state index contributed by atoms with van der Waals surface area (Å²) in [6.07, 6.45) is 4.14. The van der Waals surface area contributed by atoms with Crippen molar-refractivity contribution in [3.05, 3.63) is 59.2 Å². The quantitative estimate of drug-likeness (QED) is 0.433. The van der Waals surface area contributed by atoms with Crippen molar-refractivity contribution in [2.75, 3.05) is 28.1 Å². The van der Waals surface area contributed by atoms with Crippen LogP contribution in [0.5, 0.6) is 11.5 Å². The summed E-state index contributed by atoms with van der Waals surface area (Å²) < 4.78 is 26.4. The average molecular weight is 400 g/mol. The molecule has 2 atom stereocenters. The Morgan fingerprint density at radius 1 is 0.931 bits per heavy atom. The zero-order chi connectivity index (χ0) is 20.6. The Kier molecular flexibility index (Phi) is 7.63. The largest absolute Gasteiger partial charge is 0.468 e. The SMILES string of the molecule is COCOc1ccc(C2CCCC2c2cc(C=O)cc(OC(OC)OC)c2)cc1. The first-order valence-electron chi connectivity index (χ1n) is 9.72. The van der Waals surface area contributed by atoms with E-state index in [1.54, 1.807) is 13.2 Å². The zero-order valence-corrected chi connectivity index (χ0v) is 17.1. The second kappa shape index (κ2) is 10.4. The molecule has 0 bridgehead atoms. The highest BCUT2D eigenvalue weighted by Gasteiger charge is 2.30. The Morgan fingerprint density at radius 2 is 1.62 bits per heavy atom. The van der Waals surface area contributed by atoms with Gasteiger partial charge in [-0.25, -0.2) is 0 Å². The van der Waals surface area contributed by atoms with E-state index in [4.69, 9.17) is 23.7 Å². The van der Waals surface area contributed by atoms with Crippen LogP contribution in [-0.2, 0) is 14.2 Å². The number of carbonyl (C=O) groups excluding carboxylic acids is 1. The Balaban J connectivity index is 1.83. The van der Waals surface area contributed by atoms with Crippen LogP contribution in [0.1, 0.15) is 52.6 Å². The Morgan fingerprint density at radius 3 is 2.24 bits per heavy atom. The highest BCUT2D eigenvalue weighted by molar-refractivity contribution is 5.76. The predicted molar refractivity (Wildman–Crippen MR) is 109 cm³/mol. The average Bonchev–Trinajstić information content (AvgIpc) is 3.26. The summed E-state index contributed by atoms with van der Waals surface area (Å²) in [7, 11) is 4.61. The van der Waals surface area contributed by atoms with Gasteiger partial charge < -0.3 is 23.7 Å². The molecule has 2 aromatic rings. The monoisotopic (exact) mass is 400 g/mol. The van der Waals surface area contributed by atoms with Gasteiger partial charge in [0.1, 0.15) is 17.8 Å². The van der Waals surface area contributed by atoms with E-state index in [2.05, 4.69) is 12.1 Å². The van der Waals surface area contributed by atoms with Crippen LogP contribution >= 0.6 is 0 Å². The summed E-state index contributed by atoms with van der Waals surface area (Å²) in [6.45, 7) is -0.583. The maximum atomic E-state index is 11.5. The van der Waals surface area contributed by atoms with Crippen LogP contribution in [0.15, 0.2) is 42.5 Å². The van der Waals surface area contributed by atoms with E-state index in [0.717, 1.165) is 36.9 Å². The highest BCUT2D eigenvalue weighted by Crippen LogP contribution is 2.47. The normalized spacial score (nSPS) is 18.8. The minimum absolute atomic E-state index is 0.233. The van der Waals surface area contributed by atoms with Crippen molar-refractivity contribution in [3.63, 3.8) is 0 Å². The Bertz CT molecular complexity index is 784. The Hall–Kier alpha value is -2.41. The predicted octanol–water partition coefficient (Wildman–Crippen LogP) is 4.49. The fraction of sp³-hybridized carbons (Fsp3) is 0.435. The minimum Gasteiger partial charge on any atom is -0.468 e. The highest BCUT2D eigenvalue weighted by atomic mass is 16.8. The van der Waals surface area contributed by atoms with Crippen LogP contribution in [0.3, 0.4) is 0 Å². The minimum atomic E-state index is -0.816. The lowest BCUT2D eigenvalue weighted by atomic mass is 9.83. The van der Waals surface area contributed by atoms with Crippen molar-refractivity contribution in [3.8, 4) is 11.5 Å². The number of ether oxygens (including phenoxy) is 5. The molecule has 2 unspecified atom stereocenters. The number of methoxy groups -OCH3 is 3. The summed E-state index contributed by atoms with van der Waals surface area (Å²) in [5.74, 6) is 2.04. The van der Waals surface area contributed by atoms with Crippen molar-refractivity contribution in [1.82, 2.24) is 0 Å². The molecule has 0 aliphatic heterocycles. The van der Waals surface area contributed by atoms with Gasteiger partial charge >= 0.3 is 6.48 Å². The molecule has 29 heavy (non-hydrogen) atoms. The van der Waals surface area contributed by atoms with Gasteiger partial charge in [0.25, 0.3) is 0 Å². The second-order valence-electron chi connectivity index (χ2n) is 7.09. The molecule has 1 fully saturated rings. The molecule has 156 valence electrons. The lowest BCUT2D eigenvalue weighted by Crippen LogP contribution is -2.21. The standard InChI is InChI=1S/C23H28O6/c1-25-15-28-19-9-7-17(8-10-19)21-5-4-6-22(21)18-11-16(14-24)12-20(13-18)29-23(26-2)27-3/h7-14,21-23H,4-6,15H2,1-3H3. The number of rotatable bonds is 10. The molecule has 3 rings (SSSR count). The van der Waals surface area contributed by atoms with E-state index in [1.807, 2.05) is 24.3 Å². The van der Waals surface area contributed by atoms with Gasteiger partial charge in [-0.1, -0.05) is 18.6 Å². The molecule has 0 radical (unpaired) electrons. The molecule has 0 N–H and O–H groups in total. The van der Waals surface area contributed by atoms with Crippen molar-refractivity contribution in [1.29, 1.82) is 0 Å². The molecule has 1 aliphatic rings. The number of aldehydes is 1. The fourth-order valence-electron chi connectivity index (χ4n) is 4.00. The van der Waals surface area contributed by atoms with Crippen LogP contribution in [0.2, 0.25) is 0 Å². The third kappa shape index (κ3) is 5.35. The maximum Gasteiger partial charge on any atom is 0.315 e. The smallest absolute Gasteiger partial charge is 0.315 e. The van der Waals surface area contributed by atoms with Gasteiger partial charge in [0.05, 0.1) is 0 Å². The molecular weight excluding hydrogens is 372 g/mol. The third-order valence-electron chi connectivity index (χ3n) is 5.30. The third-order valence-corrected chi connectivity index (χ3v) is 5.30. The maximum absolute atomic E-state index is 11.5. The molecule has 0 amide bonds. The van der Waals surface area contributed by atoms with Crippen molar-refractivity contribution >= 4 is 6.29 Å². The number of benzene rings is 2. The van der Waals surface area contributed by atoms with E-state index >= 15 is 0 Å². The van der Waals surface area contributed by atoms with Crippen molar-refractivity contribution in [2.45, 2.75) is 37.6 Å². The van der Waals surface area contributed by atoms with E-state index in [9.17, 15) is 4.79 Å². The van der Waals surface area contributed by atoms with Gasteiger partial charge in [0.2, 0.25) is 0 Å². The van der Waals surface area contributed by atoms with E-state index in [1.165, 1.54) is 19.8 Å². The number of hydrogen-bond donors (Lipinski definition) is 0. The molecule has 1 saturated carbocycles. The van der Waals surface area contributed by atoms with Crippen molar-refractivity contribution in [2.24, 2.45) is 0 Å². The second-order valence-corrected chi connectivity index (χ2v) is 7.09. The Labute approximate surface area is 171 Å². The number of hydrogen-bond acceptors (Lipinski definition) is 6. The molecule has 1 aliphatic carbocycles. The first kappa shape index (κ1) is 21.3. The molecule has 2 aromatic carbocycles. The van der Waals surface area contributed by atoms with Crippen molar-refractivity contribution < 1.29 is 28.5 Å². The molecule has 6 heteroatoms. The van der Waals surface area contributed by atoms with Gasteiger partial charge in [0.15, 0.2) is 6.79 Å². The van der Waals surface area contributed by atoms with Gasteiger partial charge in [-0.15, -0.1) is 0 Å². The van der Waals surface area contributed by atoms with Crippen LogP contribution in [-0.4, -0.2) is 40.9 Å². The van der Waals surface area contributed by atoms with Crippen LogP contribution in [0, 0.1) is 0 Å². The summed E-state index contributed by atoms with van der Waals surface area (Å²) >= 11 is 0. The summed E-state index contributed by atoms with van der Waals surface area (Å²) in [4.78, 5) is 11.5. The zero-order valence-electron chi connectivity index (χ0n) is 17.1. The lowest BCUT2D eigenvalue weighted by molar-refractivity contribution is -0.219. The molecule has 0 aromatic heterocycles. The summed E-state index contributed by atoms with van der Waals surface area (Å²) in [5.41, 5.74) is 2.94. The first-order valence-corrected chi connectivity index (χ1v) is 9.72. The molecule has 0 spiro atoms. The van der Waals surface area contributed by atoms with Gasteiger partial charge in [-0.05, 0) is 66.1 Å². The number of carbonyl (C=O) groups is 1. The summed E-state index contributed by atoms with van der Waals surface area (Å²) in [6, 6.07) is 13.8. The molecular formula is C23H28O6. The van der Waals surface area contributed by atoms with E-state index < -0.39 is 6.48 Å². The van der Waals surface area contributed by atoms with E-state index in [0.29, 0.717) is 23.1 Å². The molecule has 6 nitrogen and oxygen atoms in total. The fourth-order valence-corrected chi connectivity index (χ4v) is 4.00. The van der Waals surface area contributed by atoms with Gasteiger partial charge in [-0.2, -0.15) is 0 Å². The van der Waals surface area contributed by atoms with Crippen LogP contribution in [0.25, 0.3) is 0 Å². The lowest BCUT2D eigenvalue weighted by Gasteiger charge is -2.23. The van der Waals surface area contributed by atoms with Gasteiger partial charge in [-0.3, -0.25) is 4.79 Å². The molecule has 0 saturated heterocycles. The molecule has 0 heterocycles. The van der Waals surface area contributed by atoms with Crippen LogP contribution < -0.4 is 9.47 Å². The van der Waals surface area contributed by atoms with Crippen LogP contribution in [0.4, 0.5) is 0 Å².